The van der Waals surface area contributed by atoms with Crippen molar-refractivity contribution in [2.24, 2.45) is 5.92 Å². The minimum atomic E-state index is 0.430. The molecular formula is C16H26ClN3. The van der Waals surface area contributed by atoms with Crippen molar-refractivity contribution in [2.45, 2.75) is 62.9 Å². The first-order chi connectivity index (χ1) is 9.70. The van der Waals surface area contributed by atoms with Crippen LogP contribution in [0, 0.1) is 5.92 Å². The fourth-order valence-electron chi connectivity index (χ4n) is 3.60. The van der Waals surface area contributed by atoms with Gasteiger partial charge in [0.2, 0.25) is 0 Å². The van der Waals surface area contributed by atoms with Gasteiger partial charge >= 0.3 is 0 Å². The Morgan fingerprint density at radius 1 is 1.30 bits per heavy atom. The van der Waals surface area contributed by atoms with Gasteiger partial charge in [0.15, 0.2) is 0 Å². The second-order valence-corrected chi connectivity index (χ2v) is 7.33. The molecule has 0 aromatic carbocycles. The third-order valence-electron chi connectivity index (χ3n) is 4.79. The maximum absolute atomic E-state index is 6.04. The number of hydrogen-bond acceptors (Lipinski definition) is 2. The summed E-state index contributed by atoms with van der Waals surface area (Å²) in [6.45, 7) is 2.11. The third kappa shape index (κ3) is 3.56. The van der Waals surface area contributed by atoms with Crippen molar-refractivity contribution in [3.05, 3.63) is 18.0 Å². The minimum Gasteiger partial charge on any atom is -0.300 e. The first-order valence-corrected chi connectivity index (χ1v) is 8.51. The van der Waals surface area contributed by atoms with E-state index in [1.165, 1.54) is 50.6 Å². The fourth-order valence-corrected chi connectivity index (χ4v) is 4.10. The van der Waals surface area contributed by atoms with Crippen molar-refractivity contribution in [1.29, 1.82) is 0 Å². The molecule has 3 nitrogen and oxygen atoms in total. The van der Waals surface area contributed by atoms with E-state index >= 15 is 0 Å². The Labute approximate surface area is 127 Å². The maximum atomic E-state index is 6.04. The molecule has 112 valence electrons. The Bertz CT molecular complexity index is 419. The summed E-state index contributed by atoms with van der Waals surface area (Å²) in [5.41, 5.74) is 1.21. The van der Waals surface area contributed by atoms with E-state index in [4.69, 9.17) is 16.7 Å². The topological polar surface area (TPSA) is 21.1 Å². The lowest BCUT2D eigenvalue weighted by Gasteiger charge is -2.33. The normalized spacial score (nSPS) is 27.8. The van der Waals surface area contributed by atoms with Gasteiger partial charge in [-0.1, -0.05) is 19.3 Å². The molecule has 3 rings (SSSR count). The molecule has 0 radical (unpaired) electrons. The molecule has 1 aromatic rings. The number of nitrogens with zero attached hydrogens (tertiary/aromatic N) is 3. The number of rotatable bonds is 5. The average molecular weight is 296 g/mol. The van der Waals surface area contributed by atoms with E-state index < -0.39 is 0 Å². The largest absolute Gasteiger partial charge is 0.300 e. The smallest absolute Gasteiger partial charge is 0.0764 e. The van der Waals surface area contributed by atoms with Crippen LogP contribution in [-0.4, -0.2) is 33.6 Å². The van der Waals surface area contributed by atoms with Gasteiger partial charge in [0.05, 0.1) is 11.7 Å². The number of hydrogen-bond donors (Lipinski definition) is 0. The second-order valence-electron chi connectivity index (χ2n) is 6.71. The van der Waals surface area contributed by atoms with E-state index in [1.54, 1.807) is 0 Å². The summed E-state index contributed by atoms with van der Waals surface area (Å²) in [6, 6.07) is 2.84. The van der Waals surface area contributed by atoms with Crippen LogP contribution in [0.3, 0.4) is 0 Å². The van der Waals surface area contributed by atoms with Crippen LogP contribution in [0.1, 0.15) is 56.7 Å². The Morgan fingerprint density at radius 3 is 2.75 bits per heavy atom. The van der Waals surface area contributed by atoms with Crippen molar-refractivity contribution in [3.8, 4) is 0 Å². The zero-order valence-corrected chi connectivity index (χ0v) is 13.2. The summed E-state index contributed by atoms with van der Waals surface area (Å²) in [5.74, 6) is 0.794. The molecule has 0 saturated heterocycles. The lowest BCUT2D eigenvalue weighted by Crippen LogP contribution is -2.34. The van der Waals surface area contributed by atoms with Gasteiger partial charge in [0, 0.05) is 24.7 Å². The molecule has 2 aliphatic rings. The van der Waals surface area contributed by atoms with Crippen LogP contribution in [0.2, 0.25) is 0 Å². The highest BCUT2D eigenvalue weighted by atomic mass is 35.5. The molecule has 20 heavy (non-hydrogen) atoms. The predicted molar refractivity (Wildman–Crippen MR) is 83.0 cm³/mol. The lowest BCUT2D eigenvalue weighted by molar-refractivity contribution is 0.202. The standard InChI is InChI=1S/C16H26ClN3/c1-19(11-13-9-14(17)10-13)12-15-7-8-20(18-15)16-5-3-2-4-6-16/h7-8,13-14,16H,2-6,9-12H2,1H3. The molecule has 0 amide bonds. The Balaban J connectivity index is 1.48. The van der Waals surface area contributed by atoms with Gasteiger partial charge in [0.25, 0.3) is 0 Å². The van der Waals surface area contributed by atoms with Crippen LogP contribution < -0.4 is 0 Å². The molecule has 1 heterocycles. The van der Waals surface area contributed by atoms with Crippen LogP contribution in [0.15, 0.2) is 12.3 Å². The lowest BCUT2D eigenvalue weighted by atomic mass is 9.84. The highest BCUT2D eigenvalue weighted by Crippen LogP contribution is 2.32. The monoisotopic (exact) mass is 295 g/mol. The molecule has 0 unspecified atom stereocenters. The van der Waals surface area contributed by atoms with Crippen molar-refractivity contribution in [1.82, 2.24) is 14.7 Å². The second kappa shape index (κ2) is 6.48. The molecular weight excluding hydrogens is 270 g/mol. The molecule has 1 aromatic heterocycles. The highest BCUT2D eigenvalue weighted by Gasteiger charge is 2.28. The molecule has 0 N–H and O–H groups in total. The SMILES string of the molecule is CN(Cc1ccn(C2CCCCC2)n1)CC1CC(Cl)C1. The summed E-state index contributed by atoms with van der Waals surface area (Å²) < 4.78 is 2.21. The zero-order valence-electron chi connectivity index (χ0n) is 12.5. The molecule has 2 aliphatic carbocycles. The Kier molecular flexibility index (Phi) is 4.67. The number of halogens is 1. The summed E-state index contributed by atoms with van der Waals surface area (Å²) in [7, 11) is 2.20. The first-order valence-electron chi connectivity index (χ1n) is 8.07. The average Bonchev–Trinajstić information content (AvgIpc) is 2.86. The molecule has 0 spiro atoms. The van der Waals surface area contributed by atoms with Crippen LogP contribution in [0.5, 0.6) is 0 Å². The number of alkyl halides is 1. The van der Waals surface area contributed by atoms with E-state index in [0.717, 1.165) is 19.0 Å². The van der Waals surface area contributed by atoms with Gasteiger partial charge in [-0.3, -0.25) is 4.68 Å². The minimum absolute atomic E-state index is 0.430. The van der Waals surface area contributed by atoms with E-state index in [9.17, 15) is 0 Å². The molecule has 0 bridgehead atoms. The fraction of sp³-hybridized carbons (Fsp3) is 0.812. The van der Waals surface area contributed by atoms with E-state index in [1.807, 2.05) is 0 Å². The quantitative estimate of drug-likeness (QED) is 0.770. The highest BCUT2D eigenvalue weighted by molar-refractivity contribution is 6.21. The van der Waals surface area contributed by atoms with E-state index in [2.05, 4.69) is 28.9 Å². The van der Waals surface area contributed by atoms with Gasteiger partial charge in [-0.25, -0.2) is 0 Å². The summed E-state index contributed by atoms with van der Waals surface area (Å²) in [4.78, 5) is 2.39. The molecule has 0 aliphatic heterocycles. The Morgan fingerprint density at radius 2 is 2.05 bits per heavy atom. The molecule has 2 saturated carbocycles. The van der Waals surface area contributed by atoms with Gasteiger partial charge in [-0.05, 0) is 44.7 Å². The van der Waals surface area contributed by atoms with Crippen LogP contribution in [-0.2, 0) is 6.54 Å². The van der Waals surface area contributed by atoms with Gasteiger partial charge < -0.3 is 4.90 Å². The van der Waals surface area contributed by atoms with Crippen LogP contribution >= 0.6 is 11.6 Å². The van der Waals surface area contributed by atoms with Crippen LogP contribution in [0.25, 0.3) is 0 Å². The third-order valence-corrected chi connectivity index (χ3v) is 5.15. The summed E-state index contributed by atoms with van der Waals surface area (Å²) >= 11 is 6.04. The summed E-state index contributed by atoms with van der Waals surface area (Å²) in [6.07, 6.45) is 11.3. The van der Waals surface area contributed by atoms with E-state index in [0.29, 0.717) is 11.4 Å². The van der Waals surface area contributed by atoms with Crippen LogP contribution in [0.4, 0.5) is 0 Å². The predicted octanol–water partition coefficient (Wildman–Crippen LogP) is 3.84. The summed E-state index contributed by atoms with van der Waals surface area (Å²) in [5, 5.41) is 5.22. The van der Waals surface area contributed by atoms with E-state index in [-0.39, 0.29) is 0 Å². The Hall–Kier alpha value is -0.540. The van der Waals surface area contributed by atoms with Crippen molar-refractivity contribution in [3.63, 3.8) is 0 Å². The van der Waals surface area contributed by atoms with Crippen molar-refractivity contribution < 1.29 is 0 Å². The number of aromatic nitrogens is 2. The van der Waals surface area contributed by atoms with Gasteiger partial charge in [0.1, 0.15) is 0 Å². The van der Waals surface area contributed by atoms with Gasteiger partial charge in [-0.2, -0.15) is 5.10 Å². The van der Waals surface area contributed by atoms with Crippen molar-refractivity contribution >= 4 is 11.6 Å². The molecule has 2 fully saturated rings. The van der Waals surface area contributed by atoms with Crippen molar-refractivity contribution in [2.75, 3.05) is 13.6 Å². The molecule has 4 heteroatoms. The first kappa shape index (κ1) is 14.4. The van der Waals surface area contributed by atoms with Gasteiger partial charge in [-0.15, -0.1) is 11.6 Å². The zero-order chi connectivity index (χ0) is 13.9. The maximum Gasteiger partial charge on any atom is 0.0764 e. The molecule has 0 atom stereocenters.